The van der Waals surface area contributed by atoms with Crippen molar-refractivity contribution in [3.63, 3.8) is 0 Å². The van der Waals surface area contributed by atoms with E-state index in [1.165, 1.54) is 35.6 Å². The van der Waals surface area contributed by atoms with Crippen LogP contribution in [-0.2, 0) is 24.8 Å². The number of para-hydroxylation sites is 1. The molecule has 2 atom stereocenters. The average Bonchev–Trinajstić information content (AvgIpc) is 3.45. The molecule has 1 aliphatic heterocycles. The Morgan fingerprint density at radius 3 is 2.43 bits per heavy atom. The topological polar surface area (TPSA) is 85.7 Å². The third-order valence-electron chi connectivity index (χ3n) is 7.91. The van der Waals surface area contributed by atoms with Crippen LogP contribution in [0.2, 0.25) is 0 Å². The monoisotopic (exact) mass is 522 g/mol. The first-order valence-corrected chi connectivity index (χ1v) is 14.9. The van der Waals surface area contributed by atoms with Gasteiger partial charge in [0, 0.05) is 31.8 Å². The van der Waals surface area contributed by atoms with E-state index >= 15 is 0 Å². The Balaban J connectivity index is 1.67. The van der Waals surface area contributed by atoms with Crippen LogP contribution in [0.15, 0.2) is 53.8 Å². The highest BCUT2D eigenvalue weighted by Gasteiger charge is 2.55. The molecule has 1 saturated heterocycles. The molecule has 2 aromatic rings. The van der Waals surface area contributed by atoms with E-state index in [0.29, 0.717) is 18.5 Å². The largest absolute Gasteiger partial charge is 0.381 e. The van der Waals surface area contributed by atoms with E-state index in [0.717, 1.165) is 40.8 Å². The standard InChI is InChI=1S/C25H31FN2O5S2/c1-17-16-25(2,35(31,32)28-12-9-18-7-6-8-22(26)24(18)28)23(34(29,30)27-10-4-5-11-27)15-21(17)19-13-20(14-19)33-3/h6-9,12,15-16,19-20,23H,4-5,10-11,13-14H2,1-3H3. The summed E-state index contributed by atoms with van der Waals surface area (Å²) in [7, 11) is -6.74. The van der Waals surface area contributed by atoms with E-state index in [1.54, 1.807) is 25.3 Å². The van der Waals surface area contributed by atoms with Gasteiger partial charge in [-0.05, 0) is 63.2 Å². The van der Waals surface area contributed by atoms with Crippen molar-refractivity contribution in [3.05, 3.63) is 59.6 Å². The number of hydrogen-bond donors (Lipinski definition) is 0. The lowest BCUT2D eigenvalue weighted by atomic mass is 9.72. The minimum absolute atomic E-state index is 0.0752. The van der Waals surface area contributed by atoms with Gasteiger partial charge < -0.3 is 4.74 Å². The van der Waals surface area contributed by atoms with Crippen LogP contribution >= 0.6 is 0 Å². The summed E-state index contributed by atoms with van der Waals surface area (Å²) in [6.07, 6.45) is 7.67. The molecule has 0 radical (unpaired) electrons. The minimum atomic E-state index is -4.39. The quantitative estimate of drug-likeness (QED) is 0.576. The van der Waals surface area contributed by atoms with Gasteiger partial charge in [0.15, 0.2) is 0 Å². The molecule has 190 valence electrons. The SMILES string of the molecule is COC1CC(C2=CC(S(=O)(=O)N3CCCC3)C(C)(S(=O)(=O)n3ccc4cccc(F)c43)C=C2C)C1. The Morgan fingerprint density at radius 2 is 1.77 bits per heavy atom. The highest BCUT2D eigenvalue weighted by atomic mass is 32.2. The van der Waals surface area contributed by atoms with Crippen molar-refractivity contribution in [1.29, 1.82) is 0 Å². The fourth-order valence-corrected chi connectivity index (χ4v) is 10.3. The third-order valence-corrected chi connectivity index (χ3v) is 12.7. The van der Waals surface area contributed by atoms with Gasteiger partial charge in [0.2, 0.25) is 20.0 Å². The van der Waals surface area contributed by atoms with E-state index in [9.17, 15) is 21.2 Å². The van der Waals surface area contributed by atoms with Crippen LogP contribution in [0.3, 0.4) is 0 Å². The first-order valence-electron chi connectivity index (χ1n) is 11.9. The van der Waals surface area contributed by atoms with Gasteiger partial charge in [-0.2, -0.15) is 0 Å². The number of nitrogens with zero attached hydrogens (tertiary/aromatic N) is 2. The Labute approximate surface area is 206 Å². The fraction of sp³-hybridized carbons (Fsp3) is 0.520. The van der Waals surface area contributed by atoms with Crippen molar-refractivity contribution in [2.75, 3.05) is 20.2 Å². The molecule has 0 N–H and O–H groups in total. The van der Waals surface area contributed by atoms with Crippen LogP contribution in [0.5, 0.6) is 0 Å². The number of hydrogen-bond acceptors (Lipinski definition) is 5. The zero-order chi connectivity index (χ0) is 25.2. The van der Waals surface area contributed by atoms with E-state index < -0.39 is 35.9 Å². The predicted octanol–water partition coefficient (Wildman–Crippen LogP) is 3.82. The lowest BCUT2D eigenvalue weighted by Crippen LogP contribution is -2.55. The van der Waals surface area contributed by atoms with Crippen molar-refractivity contribution < 1.29 is 26.0 Å². The van der Waals surface area contributed by atoms with E-state index in [4.69, 9.17) is 4.74 Å². The van der Waals surface area contributed by atoms with Crippen LogP contribution < -0.4 is 0 Å². The van der Waals surface area contributed by atoms with Gasteiger partial charge in [-0.3, -0.25) is 0 Å². The highest BCUT2D eigenvalue weighted by molar-refractivity contribution is 7.95. The molecule has 10 heteroatoms. The van der Waals surface area contributed by atoms with Crippen LogP contribution in [0, 0.1) is 11.7 Å². The van der Waals surface area contributed by atoms with Gasteiger partial charge in [0.25, 0.3) is 0 Å². The van der Waals surface area contributed by atoms with Crippen molar-refractivity contribution >= 4 is 30.9 Å². The first-order chi connectivity index (χ1) is 16.5. The first kappa shape index (κ1) is 24.7. The molecule has 1 aromatic heterocycles. The molecule has 35 heavy (non-hydrogen) atoms. The van der Waals surface area contributed by atoms with Crippen LogP contribution in [0.4, 0.5) is 4.39 Å². The average molecular weight is 523 g/mol. The Hall–Kier alpha value is -2.01. The van der Waals surface area contributed by atoms with Crippen molar-refractivity contribution in [3.8, 4) is 0 Å². The number of sulfonamides is 1. The zero-order valence-corrected chi connectivity index (χ0v) is 21.8. The fourth-order valence-electron chi connectivity index (χ4n) is 5.77. The number of aromatic nitrogens is 1. The molecule has 7 nitrogen and oxygen atoms in total. The number of halogens is 1. The second kappa shape index (κ2) is 8.54. The second-order valence-electron chi connectivity index (χ2n) is 10.0. The summed E-state index contributed by atoms with van der Waals surface area (Å²) in [5.74, 6) is -0.559. The number of ether oxygens (including phenoxy) is 1. The molecule has 1 saturated carbocycles. The summed E-state index contributed by atoms with van der Waals surface area (Å²) < 4.78 is 77.0. The molecule has 2 fully saturated rings. The van der Waals surface area contributed by atoms with E-state index in [1.807, 2.05) is 6.92 Å². The molecule has 0 spiro atoms. The number of allylic oxidation sites excluding steroid dienone is 2. The normalized spacial score (nSPS) is 30.2. The Bertz CT molecular complexity index is 1430. The maximum atomic E-state index is 14.8. The van der Waals surface area contributed by atoms with Crippen LogP contribution in [0.25, 0.3) is 10.9 Å². The van der Waals surface area contributed by atoms with Crippen LogP contribution in [-0.4, -0.2) is 61.4 Å². The molecule has 1 aromatic carbocycles. The molecule has 3 aliphatic rings. The molecule has 5 rings (SSSR count). The van der Waals surface area contributed by atoms with Gasteiger partial charge in [0.05, 0.1) is 11.6 Å². The number of benzene rings is 1. The van der Waals surface area contributed by atoms with Gasteiger partial charge in [0.1, 0.15) is 15.8 Å². The smallest absolute Gasteiger partial charge is 0.249 e. The molecule has 2 unspecified atom stereocenters. The van der Waals surface area contributed by atoms with Crippen molar-refractivity contribution in [2.24, 2.45) is 5.92 Å². The zero-order valence-electron chi connectivity index (χ0n) is 20.1. The molecular formula is C25H31FN2O5S2. The van der Waals surface area contributed by atoms with Crippen molar-refractivity contribution in [2.45, 2.75) is 55.6 Å². The maximum absolute atomic E-state index is 14.8. The third kappa shape index (κ3) is 3.72. The Morgan fingerprint density at radius 1 is 1.09 bits per heavy atom. The lowest BCUT2D eigenvalue weighted by molar-refractivity contribution is 0.0134. The number of methoxy groups -OCH3 is 1. The molecule has 0 amide bonds. The van der Waals surface area contributed by atoms with Gasteiger partial charge >= 0.3 is 0 Å². The lowest BCUT2D eigenvalue weighted by Gasteiger charge is -2.42. The molecule has 2 heterocycles. The summed E-state index contributed by atoms with van der Waals surface area (Å²) in [6.45, 7) is 4.02. The van der Waals surface area contributed by atoms with Gasteiger partial charge in [-0.15, -0.1) is 0 Å². The minimum Gasteiger partial charge on any atom is -0.381 e. The highest BCUT2D eigenvalue weighted by Crippen LogP contribution is 2.46. The molecule has 0 bridgehead atoms. The number of fused-ring (bicyclic) bond motifs is 1. The summed E-state index contributed by atoms with van der Waals surface area (Å²) >= 11 is 0. The van der Waals surface area contributed by atoms with Gasteiger partial charge in [-0.1, -0.05) is 29.9 Å². The second-order valence-corrected chi connectivity index (χ2v) is 14.3. The summed E-state index contributed by atoms with van der Waals surface area (Å²) in [5, 5.41) is -0.897. The number of rotatable bonds is 6. The van der Waals surface area contributed by atoms with Crippen molar-refractivity contribution in [1.82, 2.24) is 8.28 Å². The Kier molecular flexibility index (Phi) is 6.02. The predicted molar refractivity (Wildman–Crippen MR) is 133 cm³/mol. The van der Waals surface area contributed by atoms with Gasteiger partial charge in [-0.25, -0.2) is 29.5 Å². The van der Waals surface area contributed by atoms with Crippen LogP contribution in [0.1, 0.15) is 39.5 Å². The molecule has 2 aliphatic carbocycles. The van der Waals surface area contributed by atoms with E-state index in [2.05, 4.69) is 0 Å². The summed E-state index contributed by atoms with van der Waals surface area (Å²) in [6, 6.07) is 5.89. The molecular weight excluding hydrogens is 491 g/mol. The summed E-state index contributed by atoms with van der Waals surface area (Å²) in [4.78, 5) is 0. The van der Waals surface area contributed by atoms with E-state index in [-0.39, 0.29) is 17.5 Å². The maximum Gasteiger partial charge on any atom is 0.249 e. The summed E-state index contributed by atoms with van der Waals surface area (Å²) in [5.41, 5.74) is 1.52.